The number of amides is 1. The number of carbonyl (C=O) groups is 1. The number of ether oxygens (including phenoxy) is 2. The monoisotopic (exact) mass is 399 g/mol. The summed E-state index contributed by atoms with van der Waals surface area (Å²) < 4.78 is 13.6. The van der Waals surface area contributed by atoms with Gasteiger partial charge in [0.05, 0.1) is 11.0 Å². The summed E-state index contributed by atoms with van der Waals surface area (Å²) in [5.74, 6) is 1.97. The van der Waals surface area contributed by atoms with Crippen LogP contribution in [0.3, 0.4) is 0 Å². The van der Waals surface area contributed by atoms with E-state index in [2.05, 4.69) is 9.55 Å². The molecule has 1 aromatic heterocycles. The highest BCUT2D eigenvalue weighted by Gasteiger charge is 2.28. The molecule has 0 atom stereocenters. The number of benzene rings is 3. The van der Waals surface area contributed by atoms with Gasteiger partial charge in [-0.15, -0.1) is 0 Å². The van der Waals surface area contributed by atoms with Gasteiger partial charge in [0.1, 0.15) is 18.1 Å². The lowest BCUT2D eigenvalue weighted by Gasteiger charge is -2.14. The van der Waals surface area contributed by atoms with E-state index in [1.54, 1.807) is 4.90 Å². The van der Waals surface area contributed by atoms with E-state index in [0.29, 0.717) is 24.8 Å². The summed E-state index contributed by atoms with van der Waals surface area (Å²) in [7, 11) is 0. The molecule has 0 saturated carbocycles. The SMILES string of the molecule is O=C(COc1ccc(OCc2ccccc2)cc1)N1CCn2c1nc1ccccc12. The van der Waals surface area contributed by atoms with Gasteiger partial charge in [0, 0.05) is 13.1 Å². The van der Waals surface area contributed by atoms with Crippen LogP contribution in [-0.2, 0) is 17.9 Å². The highest BCUT2D eigenvalue weighted by Crippen LogP contribution is 2.27. The summed E-state index contributed by atoms with van der Waals surface area (Å²) in [5.41, 5.74) is 3.06. The van der Waals surface area contributed by atoms with Gasteiger partial charge in [-0.1, -0.05) is 42.5 Å². The molecule has 6 nitrogen and oxygen atoms in total. The second kappa shape index (κ2) is 7.91. The van der Waals surface area contributed by atoms with Crippen LogP contribution in [0.4, 0.5) is 5.95 Å². The Balaban J connectivity index is 1.18. The van der Waals surface area contributed by atoms with E-state index in [-0.39, 0.29) is 12.5 Å². The van der Waals surface area contributed by atoms with Crippen molar-refractivity contribution < 1.29 is 14.3 Å². The van der Waals surface area contributed by atoms with Gasteiger partial charge in [0.25, 0.3) is 5.91 Å². The number of hydrogen-bond acceptors (Lipinski definition) is 4. The topological polar surface area (TPSA) is 56.6 Å². The van der Waals surface area contributed by atoms with E-state index >= 15 is 0 Å². The molecule has 30 heavy (non-hydrogen) atoms. The maximum Gasteiger partial charge on any atom is 0.267 e. The Morgan fingerprint density at radius 3 is 2.33 bits per heavy atom. The molecule has 0 spiro atoms. The molecule has 3 aromatic carbocycles. The maximum atomic E-state index is 12.7. The van der Waals surface area contributed by atoms with Crippen LogP contribution < -0.4 is 14.4 Å². The number of imidazole rings is 1. The average Bonchev–Trinajstić information content (AvgIpc) is 3.37. The lowest BCUT2D eigenvalue weighted by Crippen LogP contribution is -2.33. The van der Waals surface area contributed by atoms with Gasteiger partial charge in [0.2, 0.25) is 5.95 Å². The molecule has 150 valence electrons. The summed E-state index contributed by atoms with van der Waals surface area (Å²) >= 11 is 0. The first-order valence-electron chi connectivity index (χ1n) is 9.93. The molecule has 0 fully saturated rings. The summed E-state index contributed by atoms with van der Waals surface area (Å²) in [6, 6.07) is 25.2. The van der Waals surface area contributed by atoms with Gasteiger partial charge in [-0.05, 0) is 42.0 Å². The van der Waals surface area contributed by atoms with Gasteiger partial charge in [0.15, 0.2) is 6.61 Å². The van der Waals surface area contributed by atoms with Crippen molar-refractivity contribution in [3.05, 3.63) is 84.4 Å². The predicted molar refractivity (Wildman–Crippen MR) is 115 cm³/mol. The number of fused-ring (bicyclic) bond motifs is 3. The third-order valence-corrected chi connectivity index (χ3v) is 5.16. The molecule has 0 saturated heterocycles. The first-order chi connectivity index (χ1) is 14.8. The normalized spacial score (nSPS) is 12.7. The van der Waals surface area contributed by atoms with E-state index in [0.717, 1.165) is 28.9 Å². The van der Waals surface area contributed by atoms with Crippen molar-refractivity contribution >= 4 is 22.9 Å². The molecule has 6 heteroatoms. The standard InChI is InChI=1S/C24H21N3O3/c28-23(27-15-14-26-22-9-5-4-8-21(22)25-24(26)27)17-30-20-12-10-19(11-13-20)29-16-18-6-2-1-3-7-18/h1-13H,14-17H2. The van der Waals surface area contributed by atoms with E-state index in [4.69, 9.17) is 9.47 Å². The minimum atomic E-state index is -0.103. The zero-order valence-corrected chi connectivity index (χ0v) is 16.4. The maximum absolute atomic E-state index is 12.7. The molecule has 0 aliphatic carbocycles. The third-order valence-electron chi connectivity index (χ3n) is 5.16. The molecule has 4 aromatic rings. The molecule has 0 N–H and O–H groups in total. The number of aromatic nitrogens is 2. The molecule has 1 aliphatic heterocycles. The molecular weight excluding hydrogens is 378 g/mol. The van der Waals surface area contributed by atoms with E-state index in [9.17, 15) is 4.79 Å². The van der Waals surface area contributed by atoms with Crippen LogP contribution in [0.15, 0.2) is 78.9 Å². The molecule has 0 radical (unpaired) electrons. The number of anilines is 1. The van der Waals surface area contributed by atoms with Crippen molar-refractivity contribution in [2.45, 2.75) is 13.2 Å². The third kappa shape index (κ3) is 3.59. The average molecular weight is 399 g/mol. The molecule has 0 bridgehead atoms. The summed E-state index contributed by atoms with van der Waals surface area (Å²) in [4.78, 5) is 19.0. The smallest absolute Gasteiger partial charge is 0.267 e. The Hall–Kier alpha value is -3.80. The zero-order valence-electron chi connectivity index (χ0n) is 16.4. The van der Waals surface area contributed by atoms with Crippen LogP contribution in [0.25, 0.3) is 11.0 Å². The predicted octanol–water partition coefficient (Wildman–Crippen LogP) is 4.04. The van der Waals surface area contributed by atoms with Gasteiger partial charge in [-0.25, -0.2) is 4.98 Å². The van der Waals surface area contributed by atoms with Crippen molar-refractivity contribution in [1.82, 2.24) is 9.55 Å². The van der Waals surface area contributed by atoms with Gasteiger partial charge >= 0.3 is 0 Å². The Morgan fingerprint density at radius 2 is 1.53 bits per heavy atom. The van der Waals surface area contributed by atoms with E-state index in [1.807, 2.05) is 78.9 Å². The van der Waals surface area contributed by atoms with Crippen LogP contribution in [0.1, 0.15) is 5.56 Å². The number of nitrogens with zero attached hydrogens (tertiary/aromatic N) is 3. The number of carbonyl (C=O) groups excluding carboxylic acids is 1. The lowest BCUT2D eigenvalue weighted by molar-refractivity contribution is -0.120. The number of hydrogen-bond donors (Lipinski definition) is 0. The van der Waals surface area contributed by atoms with Crippen molar-refractivity contribution in [3.63, 3.8) is 0 Å². The fraction of sp³-hybridized carbons (Fsp3) is 0.167. The molecule has 2 heterocycles. The van der Waals surface area contributed by atoms with Crippen molar-refractivity contribution in [3.8, 4) is 11.5 Å². The highest BCUT2D eigenvalue weighted by atomic mass is 16.5. The first kappa shape index (κ1) is 18.2. The fourth-order valence-corrected chi connectivity index (χ4v) is 3.62. The van der Waals surface area contributed by atoms with Crippen LogP contribution in [-0.4, -0.2) is 28.6 Å². The van der Waals surface area contributed by atoms with Crippen LogP contribution in [0, 0.1) is 0 Å². The minimum Gasteiger partial charge on any atom is -0.489 e. The lowest BCUT2D eigenvalue weighted by atomic mass is 10.2. The Labute approximate surface area is 174 Å². The Kier molecular flexibility index (Phi) is 4.81. The molecule has 5 rings (SSSR count). The second-order valence-corrected chi connectivity index (χ2v) is 7.13. The van der Waals surface area contributed by atoms with Crippen LogP contribution in [0.5, 0.6) is 11.5 Å². The van der Waals surface area contributed by atoms with Gasteiger partial charge in [-0.3, -0.25) is 9.69 Å². The van der Waals surface area contributed by atoms with Crippen molar-refractivity contribution in [2.24, 2.45) is 0 Å². The van der Waals surface area contributed by atoms with Crippen LogP contribution >= 0.6 is 0 Å². The largest absolute Gasteiger partial charge is 0.489 e. The molecule has 0 unspecified atom stereocenters. The van der Waals surface area contributed by atoms with Gasteiger partial charge in [-0.2, -0.15) is 0 Å². The number of para-hydroxylation sites is 2. The molecule has 1 aliphatic rings. The van der Waals surface area contributed by atoms with Crippen molar-refractivity contribution in [1.29, 1.82) is 0 Å². The Morgan fingerprint density at radius 1 is 0.833 bits per heavy atom. The zero-order chi connectivity index (χ0) is 20.3. The van der Waals surface area contributed by atoms with Crippen molar-refractivity contribution in [2.75, 3.05) is 18.1 Å². The summed E-state index contributed by atoms with van der Waals surface area (Å²) in [6.07, 6.45) is 0. The quantitative estimate of drug-likeness (QED) is 0.491. The van der Waals surface area contributed by atoms with E-state index in [1.165, 1.54) is 0 Å². The molecular formula is C24H21N3O3. The van der Waals surface area contributed by atoms with Crippen LogP contribution in [0.2, 0.25) is 0 Å². The van der Waals surface area contributed by atoms with Gasteiger partial charge < -0.3 is 14.0 Å². The fourth-order valence-electron chi connectivity index (χ4n) is 3.62. The number of rotatable bonds is 6. The second-order valence-electron chi connectivity index (χ2n) is 7.13. The summed E-state index contributed by atoms with van der Waals surface area (Å²) in [6.45, 7) is 1.83. The van der Waals surface area contributed by atoms with E-state index < -0.39 is 0 Å². The Bertz CT molecular complexity index is 1170. The minimum absolute atomic E-state index is 0.0343. The first-order valence-corrected chi connectivity index (χ1v) is 9.93. The summed E-state index contributed by atoms with van der Waals surface area (Å²) in [5, 5.41) is 0. The highest BCUT2D eigenvalue weighted by molar-refractivity contribution is 5.95. The molecule has 1 amide bonds.